The molecule has 0 aliphatic heterocycles. The summed E-state index contributed by atoms with van der Waals surface area (Å²) in [7, 11) is 0. The number of nitriles is 1. The normalized spacial score (nSPS) is 10.9. The van der Waals surface area contributed by atoms with E-state index in [1.165, 1.54) is 30.3 Å². The molecule has 0 atom stereocenters. The van der Waals surface area contributed by atoms with Crippen LogP contribution >= 0.6 is 11.6 Å². The van der Waals surface area contributed by atoms with E-state index < -0.39 is 11.7 Å². The van der Waals surface area contributed by atoms with E-state index in [1.807, 2.05) is 19.9 Å². The summed E-state index contributed by atoms with van der Waals surface area (Å²) in [6.07, 6.45) is 1.39. The second-order valence-corrected chi connectivity index (χ2v) is 5.73. The quantitative estimate of drug-likeness (QED) is 0.545. The van der Waals surface area contributed by atoms with Crippen molar-refractivity contribution in [2.45, 2.75) is 13.8 Å². The predicted octanol–water partition coefficient (Wildman–Crippen LogP) is 4.82. The van der Waals surface area contributed by atoms with E-state index in [-0.39, 0.29) is 5.57 Å². The number of carbonyl (C=O) groups is 1. The van der Waals surface area contributed by atoms with Gasteiger partial charge in [0.15, 0.2) is 11.5 Å². The van der Waals surface area contributed by atoms with E-state index in [0.29, 0.717) is 41.0 Å². The number of ether oxygens (including phenoxy) is 2. The Morgan fingerprint density at radius 1 is 1.22 bits per heavy atom. The average molecular weight is 389 g/mol. The number of amides is 1. The van der Waals surface area contributed by atoms with Crippen LogP contribution in [0.3, 0.4) is 0 Å². The number of hydrogen-bond donors (Lipinski definition) is 1. The van der Waals surface area contributed by atoms with Crippen LogP contribution in [0.25, 0.3) is 6.08 Å². The summed E-state index contributed by atoms with van der Waals surface area (Å²) in [5, 5.41) is 12.2. The minimum absolute atomic E-state index is 0.137. The number of carbonyl (C=O) groups excluding carboxylic acids is 1. The van der Waals surface area contributed by atoms with Gasteiger partial charge in [0.25, 0.3) is 5.91 Å². The Labute approximate surface area is 162 Å². The summed E-state index contributed by atoms with van der Waals surface area (Å²) in [6.45, 7) is 4.47. The van der Waals surface area contributed by atoms with Crippen LogP contribution in [0.5, 0.6) is 11.5 Å². The van der Waals surface area contributed by atoms with Gasteiger partial charge in [-0.05, 0) is 61.9 Å². The molecule has 0 aliphatic rings. The third-order valence-corrected chi connectivity index (χ3v) is 3.68. The molecular weight excluding hydrogens is 371 g/mol. The first-order valence-corrected chi connectivity index (χ1v) is 8.64. The van der Waals surface area contributed by atoms with Gasteiger partial charge >= 0.3 is 0 Å². The van der Waals surface area contributed by atoms with Crippen molar-refractivity contribution < 1.29 is 18.7 Å². The molecule has 0 saturated carbocycles. The van der Waals surface area contributed by atoms with Crippen molar-refractivity contribution in [3.8, 4) is 17.6 Å². The Hall–Kier alpha value is -3.04. The maximum Gasteiger partial charge on any atom is 0.266 e. The summed E-state index contributed by atoms with van der Waals surface area (Å²) in [5.41, 5.74) is 0.752. The van der Waals surface area contributed by atoms with Crippen molar-refractivity contribution in [1.82, 2.24) is 0 Å². The molecule has 0 aromatic heterocycles. The third kappa shape index (κ3) is 5.47. The van der Waals surface area contributed by atoms with Crippen LogP contribution in [0.15, 0.2) is 42.0 Å². The van der Waals surface area contributed by atoms with Gasteiger partial charge < -0.3 is 14.8 Å². The fourth-order valence-corrected chi connectivity index (χ4v) is 2.54. The number of anilines is 1. The molecule has 0 spiro atoms. The molecule has 1 N–H and O–H groups in total. The van der Waals surface area contributed by atoms with E-state index >= 15 is 0 Å². The van der Waals surface area contributed by atoms with E-state index in [9.17, 15) is 14.4 Å². The van der Waals surface area contributed by atoms with Crippen LogP contribution < -0.4 is 14.8 Å². The Morgan fingerprint density at radius 2 is 1.89 bits per heavy atom. The van der Waals surface area contributed by atoms with Gasteiger partial charge in [0.1, 0.15) is 17.5 Å². The summed E-state index contributed by atoms with van der Waals surface area (Å²) in [4.78, 5) is 12.3. The minimum atomic E-state index is -0.618. The molecule has 0 saturated heterocycles. The van der Waals surface area contributed by atoms with Crippen LogP contribution in [0.4, 0.5) is 10.1 Å². The van der Waals surface area contributed by atoms with E-state index in [2.05, 4.69) is 5.32 Å². The molecule has 0 unspecified atom stereocenters. The molecule has 5 nitrogen and oxygen atoms in total. The van der Waals surface area contributed by atoms with E-state index in [4.69, 9.17) is 21.1 Å². The third-order valence-electron chi connectivity index (χ3n) is 3.40. The zero-order valence-corrected chi connectivity index (χ0v) is 15.6. The van der Waals surface area contributed by atoms with Crippen LogP contribution in [0, 0.1) is 17.1 Å². The van der Waals surface area contributed by atoms with Gasteiger partial charge in [-0.3, -0.25) is 4.79 Å². The Morgan fingerprint density at radius 3 is 2.48 bits per heavy atom. The van der Waals surface area contributed by atoms with Crippen LogP contribution in [0.1, 0.15) is 19.4 Å². The van der Waals surface area contributed by atoms with Gasteiger partial charge in [0.05, 0.1) is 18.2 Å². The zero-order chi connectivity index (χ0) is 19.8. The molecule has 7 heteroatoms. The number of hydrogen-bond acceptors (Lipinski definition) is 4. The highest BCUT2D eigenvalue weighted by Gasteiger charge is 2.14. The smallest absolute Gasteiger partial charge is 0.266 e. The standard InChI is InChI=1S/C20H18ClFN2O3/c1-3-26-18-11-13(10-17(21)19(18)27-4-2)9-14(12-23)20(25)24-16-7-5-15(22)6-8-16/h5-11H,3-4H2,1-2H3,(H,24,25)/b14-9+. The topological polar surface area (TPSA) is 71.3 Å². The lowest BCUT2D eigenvalue weighted by molar-refractivity contribution is -0.112. The molecule has 0 fully saturated rings. The second-order valence-electron chi connectivity index (χ2n) is 5.33. The molecule has 27 heavy (non-hydrogen) atoms. The first kappa shape index (κ1) is 20.3. The lowest BCUT2D eigenvalue weighted by atomic mass is 10.1. The van der Waals surface area contributed by atoms with Gasteiger partial charge in [-0.25, -0.2) is 4.39 Å². The maximum absolute atomic E-state index is 13.0. The Bertz CT molecular complexity index is 889. The molecular formula is C20H18ClFN2O3. The highest BCUT2D eigenvalue weighted by atomic mass is 35.5. The fourth-order valence-electron chi connectivity index (χ4n) is 2.27. The van der Waals surface area contributed by atoms with Gasteiger partial charge in [-0.2, -0.15) is 5.26 Å². The number of rotatable bonds is 7. The molecule has 0 bridgehead atoms. The Balaban J connectivity index is 2.31. The molecule has 0 radical (unpaired) electrons. The lowest BCUT2D eigenvalue weighted by Crippen LogP contribution is -2.13. The van der Waals surface area contributed by atoms with Gasteiger partial charge in [-0.1, -0.05) is 11.6 Å². The summed E-state index contributed by atoms with van der Waals surface area (Å²) in [6, 6.07) is 10.3. The minimum Gasteiger partial charge on any atom is -0.490 e. The summed E-state index contributed by atoms with van der Waals surface area (Å²) < 4.78 is 24.0. The molecule has 1 amide bonds. The van der Waals surface area contributed by atoms with Crippen LogP contribution in [0.2, 0.25) is 5.02 Å². The highest BCUT2D eigenvalue weighted by Crippen LogP contribution is 2.37. The number of halogens is 2. The molecule has 140 valence electrons. The molecule has 0 aliphatic carbocycles. The zero-order valence-electron chi connectivity index (χ0n) is 14.9. The van der Waals surface area contributed by atoms with E-state index in [0.717, 1.165) is 0 Å². The van der Waals surface area contributed by atoms with Gasteiger partial charge in [0, 0.05) is 5.69 Å². The summed E-state index contributed by atoms with van der Waals surface area (Å²) >= 11 is 6.25. The molecule has 2 rings (SSSR count). The first-order chi connectivity index (χ1) is 13.0. The van der Waals surface area contributed by atoms with Gasteiger partial charge in [-0.15, -0.1) is 0 Å². The van der Waals surface area contributed by atoms with E-state index in [1.54, 1.807) is 12.1 Å². The first-order valence-electron chi connectivity index (χ1n) is 8.26. The van der Waals surface area contributed by atoms with Gasteiger partial charge in [0.2, 0.25) is 0 Å². The van der Waals surface area contributed by atoms with Crippen molar-refractivity contribution >= 4 is 29.3 Å². The second kappa shape index (κ2) is 9.60. The maximum atomic E-state index is 13.0. The molecule has 2 aromatic carbocycles. The molecule has 0 heterocycles. The predicted molar refractivity (Wildman–Crippen MR) is 102 cm³/mol. The fraction of sp³-hybridized carbons (Fsp3) is 0.200. The van der Waals surface area contributed by atoms with Crippen molar-refractivity contribution in [2.75, 3.05) is 18.5 Å². The lowest BCUT2D eigenvalue weighted by Gasteiger charge is -2.13. The molecule has 2 aromatic rings. The Kier molecular flexibility index (Phi) is 7.21. The largest absolute Gasteiger partial charge is 0.490 e. The van der Waals surface area contributed by atoms with Crippen molar-refractivity contribution in [3.63, 3.8) is 0 Å². The number of nitrogens with one attached hydrogen (secondary N) is 1. The monoisotopic (exact) mass is 388 g/mol. The summed E-state index contributed by atoms with van der Waals surface area (Å²) in [5.74, 6) is -0.203. The number of benzene rings is 2. The van der Waals surface area contributed by atoms with Crippen molar-refractivity contribution in [2.24, 2.45) is 0 Å². The van der Waals surface area contributed by atoms with Crippen LogP contribution in [-0.2, 0) is 4.79 Å². The number of nitrogens with zero attached hydrogens (tertiary/aromatic N) is 1. The van der Waals surface area contributed by atoms with Crippen LogP contribution in [-0.4, -0.2) is 19.1 Å². The van der Waals surface area contributed by atoms with Crippen molar-refractivity contribution in [3.05, 3.63) is 58.4 Å². The average Bonchev–Trinajstić information content (AvgIpc) is 2.64. The SMILES string of the molecule is CCOc1cc(/C=C(\C#N)C(=O)Nc2ccc(F)cc2)cc(Cl)c1OCC. The highest BCUT2D eigenvalue weighted by molar-refractivity contribution is 6.32. The van der Waals surface area contributed by atoms with Crippen molar-refractivity contribution in [1.29, 1.82) is 5.26 Å².